The summed E-state index contributed by atoms with van der Waals surface area (Å²) in [7, 11) is 0. The molecule has 1 fully saturated rings. The minimum Gasteiger partial charge on any atom is -0.399 e. The van der Waals surface area contributed by atoms with Gasteiger partial charge in [0.05, 0.1) is 5.52 Å². The molecular formula is C16H22N4. The molecule has 20 heavy (non-hydrogen) atoms. The van der Waals surface area contributed by atoms with Gasteiger partial charge in [-0.3, -0.25) is 0 Å². The average Bonchev–Trinajstić information content (AvgIpc) is 2.46. The largest absolute Gasteiger partial charge is 0.399 e. The van der Waals surface area contributed by atoms with Gasteiger partial charge < -0.3 is 10.6 Å². The van der Waals surface area contributed by atoms with Gasteiger partial charge in [-0.15, -0.1) is 0 Å². The minimum atomic E-state index is 0.769. The molecule has 0 radical (unpaired) electrons. The zero-order valence-corrected chi connectivity index (χ0v) is 12.2. The molecule has 4 heteroatoms. The number of piperidine rings is 1. The van der Waals surface area contributed by atoms with Crippen molar-refractivity contribution in [3.63, 3.8) is 0 Å². The normalized spacial score (nSPS) is 17.1. The van der Waals surface area contributed by atoms with E-state index in [9.17, 15) is 0 Å². The first kappa shape index (κ1) is 13.2. The number of hydrogen-bond acceptors (Lipinski definition) is 4. The lowest BCUT2D eigenvalue weighted by Crippen LogP contribution is -2.35. The molecule has 0 spiro atoms. The fraction of sp³-hybridized carbons (Fsp3) is 0.500. The van der Waals surface area contributed by atoms with Gasteiger partial charge in [0, 0.05) is 24.2 Å². The summed E-state index contributed by atoms with van der Waals surface area (Å²) in [5.74, 6) is 2.64. The Morgan fingerprint density at radius 1 is 1.20 bits per heavy atom. The minimum absolute atomic E-state index is 0.769. The van der Waals surface area contributed by atoms with Crippen molar-refractivity contribution in [2.45, 2.75) is 26.7 Å². The number of aromatic nitrogens is 2. The Kier molecular flexibility index (Phi) is 3.47. The molecule has 3 rings (SSSR count). The van der Waals surface area contributed by atoms with Crippen molar-refractivity contribution < 1.29 is 0 Å². The van der Waals surface area contributed by atoms with Gasteiger partial charge >= 0.3 is 0 Å². The molecule has 1 saturated heterocycles. The van der Waals surface area contributed by atoms with Crippen molar-refractivity contribution in [1.82, 2.24) is 9.97 Å². The SMILES string of the molecule is CC(C)C1CCN(c2ncnc3ccc(N)cc23)CC1. The van der Waals surface area contributed by atoms with E-state index in [2.05, 4.69) is 28.7 Å². The second kappa shape index (κ2) is 5.27. The fourth-order valence-electron chi connectivity index (χ4n) is 3.09. The van der Waals surface area contributed by atoms with Crippen molar-refractivity contribution >= 4 is 22.4 Å². The van der Waals surface area contributed by atoms with Crippen LogP contribution < -0.4 is 10.6 Å². The summed E-state index contributed by atoms with van der Waals surface area (Å²) in [4.78, 5) is 11.2. The Morgan fingerprint density at radius 3 is 2.65 bits per heavy atom. The van der Waals surface area contributed by atoms with E-state index in [1.807, 2.05) is 18.2 Å². The first-order chi connectivity index (χ1) is 9.65. The zero-order valence-electron chi connectivity index (χ0n) is 12.2. The zero-order chi connectivity index (χ0) is 14.1. The maximum atomic E-state index is 5.91. The molecule has 0 unspecified atom stereocenters. The molecule has 1 aliphatic heterocycles. The molecule has 1 aromatic heterocycles. The molecule has 0 atom stereocenters. The van der Waals surface area contributed by atoms with Gasteiger partial charge in [0.25, 0.3) is 0 Å². The molecule has 0 amide bonds. The van der Waals surface area contributed by atoms with E-state index in [4.69, 9.17) is 5.73 Å². The van der Waals surface area contributed by atoms with Gasteiger partial charge in [0.15, 0.2) is 0 Å². The first-order valence-electron chi connectivity index (χ1n) is 7.40. The number of rotatable bonds is 2. The molecule has 2 N–H and O–H groups in total. The lowest BCUT2D eigenvalue weighted by Gasteiger charge is -2.35. The number of anilines is 2. The summed E-state index contributed by atoms with van der Waals surface area (Å²) >= 11 is 0. The Labute approximate surface area is 120 Å². The summed E-state index contributed by atoms with van der Waals surface area (Å²) in [5.41, 5.74) is 7.65. The highest BCUT2D eigenvalue weighted by atomic mass is 15.2. The van der Waals surface area contributed by atoms with Crippen LogP contribution >= 0.6 is 0 Å². The van der Waals surface area contributed by atoms with Crippen LogP contribution in [0.4, 0.5) is 11.5 Å². The van der Waals surface area contributed by atoms with Gasteiger partial charge in [0.2, 0.25) is 0 Å². The monoisotopic (exact) mass is 270 g/mol. The molecule has 4 nitrogen and oxygen atoms in total. The highest BCUT2D eigenvalue weighted by molar-refractivity contribution is 5.91. The van der Waals surface area contributed by atoms with Crippen molar-refractivity contribution in [3.8, 4) is 0 Å². The van der Waals surface area contributed by atoms with Gasteiger partial charge in [-0.25, -0.2) is 9.97 Å². The van der Waals surface area contributed by atoms with E-state index >= 15 is 0 Å². The van der Waals surface area contributed by atoms with Crippen LogP contribution in [0.25, 0.3) is 10.9 Å². The Morgan fingerprint density at radius 2 is 1.95 bits per heavy atom. The molecule has 2 heterocycles. The summed E-state index contributed by atoms with van der Waals surface area (Å²) in [6.07, 6.45) is 4.14. The second-order valence-electron chi connectivity index (χ2n) is 6.04. The predicted molar refractivity (Wildman–Crippen MR) is 83.7 cm³/mol. The summed E-state index contributed by atoms with van der Waals surface area (Å²) in [5, 5.41) is 1.07. The maximum Gasteiger partial charge on any atom is 0.139 e. The topological polar surface area (TPSA) is 55.0 Å². The Balaban J connectivity index is 1.90. The lowest BCUT2D eigenvalue weighted by molar-refractivity contribution is 0.311. The van der Waals surface area contributed by atoms with Crippen LogP contribution in [0.15, 0.2) is 24.5 Å². The first-order valence-corrected chi connectivity index (χ1v) is 7.40. The van der Waals surface area contributed by atoms with Crippen LogP contribution in [0.2, 0.25) is 0 Å². The predicted octanol–water partition coefficient (Wildman–Crippen LogP) is 3.08. The number of benzene rings is 1. The molecule has 0 aliphatic carbocycles. The van der Waals surface area contributed by atoms with Crippen molar-refractivity contribution in [2.75, 3.05) is 23.7 Å². The smallest absolute Gasteiger partial charge is 0.139 e. The van der Waals surface area contributed by atoms with E-state index in [0.717, 1.165) is 47.3 Å². The molecular weight excluding hydrogens is 248 g/mol. The van der Waals surface area contributed by atoms with E-state index in [1.165, 1.54) is 12.8 Å². The number of nitrogens with two attached hydrogens (primary N) is 1. The van der Waals surface area contributed by atoms with Crippen LogP contribution in [0.5, 0.6) is 0 Å². The molecule has 2 aromatic rings. The van der Waals surface area contributed by atoms with Gasteiger partial charge in [-0.2, -0.15) is 0 Å². The second-order valence-corrected chi connectivity index (χ2v) is 6.04. The van der Waals surface area contributed by atoms with Crippen molar-refractivity contribution in [2.24, 2.45) is 11.8 Å². The van der Waals surface area contributed by atoms with E-state index in [0.29, 0.717) is 0 Å². The van der Waals surface area contributed by atoms with Gasteiger partial charge in [0.1, 0.15) is 12.1 Å². The van der Waals surface area contributed by atoms with Crippen LogP contribution in [0.3, 0.4) is 0 Å². The Hall–Kier alpha value is -1.84. The third-order valence-electron chi connectivity index (χ3n) is 4.42. The summed E-state index contributed by atoms with van der Waals surface area (Å²) in [6.45, 7) is 6.79. The molecule has 106 valence electrons. The van der Waals surface area contributed by atoms with E-state index in [-0.39, 0.29) is 0 Å². The molecule has 0 bridgehead atoms. The highest BCUT2D eigenvalue weighted by Crippen LogP contribution is 2.30. The van der Waals surface area contributed by atoms with Gasteiger partial charge in [-0.05, 0) is 42.9 Å². The number of nitrogen functional groups attached to an aromatic ring is 1. The number of hydrogen-bond donors (Lipinski definition) is 1. The summed E-state index contributed by atoms with van der Waals surface area (Å²) in [6, 6.07) is 5.85. The molecule has 0 saturated carbocycles. The van der Waals surface area contributed by atoms with Crippen LogP contribution in [-0.2, 0) is 0 Å². The quantitative estimate of drug-likeness (QED) is 0.852. The van der Waals surface area contributed by atoms with E-state index in [1.54, 1.807) is 6.33 Å². The van der Waals surface area contributed by atoms with Crippen molar-refractivity contribution in [1.29, 1.82) is 0 Å². The van der Waals surface area contributed by atoms with Crippen molar-refractivity contribution in [3.05, 3.63) is 24.5 Å². The number of nitrogens with zero attached hydrogens (tertiary/aromatic N) is 3. The van der Waals surface area contributed by atoms with E-state index < -0.39 is 0 Å². The standard InChI is InChI=1S/C16H22N4/c1-11(2)12-5-7-20(8-6-12)16-14-9-13(17)3-4-15(14)18-10-19-16/h3-4,9-12H,5-8,17H2,1-2H3. The maximum absolute atomic E-state index is 5.91. The third-order valence-corrected chi connectivity index (χ3v) is 4.42. The van der Waals surface area contributed by atoms with Crippen LogP contribution in [-0.4, -0.2) is 23.1 Å². The number of fused-ring (bicyclic) bond motifs is 1. The fourth-order valence-corrected chi connectivity index (χ4v) is 3.09. The highest BCUT2D eigenvalue weighted by Gasteiger charge is 2.23. The lowest BCUT2D eigenvalue weighted by atomic mass is 9.86. The van der Waals surface area contributed by atoms with Gasteiger partial charge in [-0.1, -0.05) is 13.8 Å². The summed E-state index contributed by atoms with van der Waals surface area (Å²) < 4.78 is 0. The van der Waals surface area contributed by atoms with Crippen LogP contribution in [0, 0.1) is 11.8 Å². The average molecular weight is 270 g/mol. The molecule has 1 aromatic carbocycles. The Bertz CT molecular complexity index is 600. The third kappa shape index (κ3) is 2.42. The van der Waals surface area contributed by atoms with Crippen LogP contribution in [0.1, 0.15) is 26.7 Å². The molecule has 1 aliphatic rings.